The summed E-state index contributed by atoms with van der Waals surface area (Å²) in [7, 11) is 3.08. The van der Waals surface area contributed by atoms with Crippen molar-refractivity contribution in [3.8, 4) is 23.3 Å². The van der Waals surface area contributed by atoms with Gasteiger partial charge in [0.2, 0.25) is 0 Å². The highest BCUT2D eigenvalue weighted by atomic mass is 79.9. The Morgan fingerprint density at radius 2 is 1.77 bits per heavy atom. The molecule has 0 saturated heterocycles. The fourth-order valence-electron chi connectivity index (χ4n) is 3.15. The zero-order valence-corrected chi connectivity index (χ0v) is 22.1. The van der Waals surface area contributed by atoms with E-state index in [0.29, 0.717) is 37.3 Å². The standard InChI is InChI=1S/C26H21Br2FN2O4/c1-33-20-8-7-17(24(12-20)34-2)14-31-26(32)19(13-30)9-16-10-21(27)25(22(28)11-16)35-15-18-5-3-4-6-23(18)29/h3-12H,14-15H2,1-2H3,(H,31,32)/b19-9+. The minimum absolute atomic E-state index is 0.0414. The van der Waals surface area contributed by atoms with Gasteiger partial charge >= 0.3 is 0 Å². The van der Waals surface area contributed by atoms with E-state index in [0.717, 1.165) is 5.56 Å². The van der Waals surface area contributed by atoms with Crippen LogP contribution < -0.4 is 19.5 Å². The molecule has 3 rings (SSSR count). The number of hydrogen-bond donors (Lipinski definition) is 1. The molecule has 0 aliphatic rings. The van der Waals surface area contributed by atoms with Crippen molar-refractivity contribution in [3.63, 3.8) is 0 Å². The lowest BCUT2D eigenvalue weighted by Gasteiger charge is -2.12. The van der Waals surface area contributed by atoms with Crippen LogP contribution in [0.3, 0.4) is 0 Å². The van der Waals surface area contributed by atoms with Gasteiger partial charge in [0.15, 0.2) is 0 Å². The molecule has 0 unspecified atom stereocenters. The summed E-state index contributed by atoms with van der Waals surface area (Å²) in [4.78, 5) is 12.7. The minimum atomic E-state index is -0.530. The Hall–Kier alpha value is -3.35. The highest BCUT2D eigenvalue weighted by Crippen LogP contribution is 2.36. The molecule has 0 spiro atoms. The van der Waals surface area contributed by atoms with Gasteiger partial charge in [-0.25, -0.2) is 4.39 Å². The smallest absolute Gasteiger partial charge is 0.262 e. The zero-order valence-electron chi connectivity index (χ0n) is 18.9. The fourth-order valence-corrected chi connectivity index (χ4v) is 4.60. The number of ether oxygens (including phenoxy) is 3. The lowest BCUT2D eigenvalue weighted by atomic mass is 10.1. The van der Waals surface area contributed by atoms with E-state index in [1.165, 1.54) is 19.3 Å². The molecule has 3 aromatic rings. The average Bonchev–Trinajstić information content (AvgIpc) is 2.86. The van der Waals surface area contributed by atoms with Crippen LogP contribution in [0.25, 0.3) is 6.08 Å². The Labute approximate surface area is 219 Å². The largest absolute Gasteiger partial charge is 0.497 e. The van der Waals surface area contributed by atoms with Gasteiger partial charge in [-0.3, -0.25) is 4.79 Å². The molecule has 0 aliphatic heterocycles. The van der Waals surface area contributed by atoms with Gasteiger partial charge in [0.1, 0.15) is 41.3 Å². The quantitative estimate of drug-likeness (QED) is 0.234. The maximum Gasteiger partial charge on any atom is 0.262 e. The molecule has 0 bridgehead atoms. The molecule has 9 heteroatoms. The Morgan fingerprint density at radius 3 is 2.40 bits per heavy atom. The van der Waals surface area contributed by atoms with E-state index in [2.05, 4.69) is 37.2 Å². The number of methoxy groups -OCH3 is 2. The van der Waals surface area contributed by atoms with E-state index in [-0.39, 0.29) is 24.5 Å². The van der Waals surface area contributed by atoms with Crippen molar-refractivity contribution in [3.05, 3.63) is 91.6 Å². The molecule has 3 aromatic carbocycles. The van der Waals surface area contributed by atoms with Gasteiger partial charge in [-0.05, 0) is 73.8 Å². The molecule has 1 amide bonds. The number of carbonyl (C=O) groups is 1. The lowest BCUT2D eigenvalue weighted by molar-refractivity contribution is -0.117. The van der Waals surface area contributed by atoms with Gasteiger partial charge in [-0.15, -0.1) is 0 Å². The molecule has 6 nitrogen and oxygen atoms in total. The third kappa shape index (κ3) is 6.84. The molecule has 180 valence electrons. The number of benzene rings is 3. The van der Waals surface area contributed by atoms with Crippen molar-refractivity contribution in [1.82, 2.24) is 5.32 Å². The summed E-state index contributed by atoms with van der Waals surface area (Å²) in [5, 5.41) is 12.3. The molecule has 35 heavy (non-hydrogen) atoms. The van der Waals surface area contributed by atoms with E-state index >= 15 is 0 Å². The van der Waals surface area contributed by atoms with E-state index < -0.39 is 5.91 Å². The van der Waals surface area contributed by atoms with E-state index in [4.69, 9.17) is 14.2 Å². The van der Waals surface area contributed by atoms with Crippen LogP contribution in [0.5, 0.6) is 17.2 Å². The van der Waals surface area contributed by atoms with Crippen LogP contribution in [0.15, 0.2) is 69.1 Å². The minimum Gasteiger partial charge on any atom is -0.497 e. The van der Waals surface area contributed by atoms with E-state index in [1.54, 1.807) is 55.6 Å². The highest BCUT2D eigenvalue weighted by molar-refractivity contribution is 9.11. The summed E-state index contributed by atoms with van der Waals surface area (Å²) < 4.78 is 31.3. The van der Waals surface area contributed by atoms with E-state index in [1.807, 2.05) is 6.07 Å². The van der Waals surface area contributed by atoms with Crippen molar-refractivity contribution in [1.29, 1.82) is 5.26 Å². The second-order valence-electron chi connectivity index (χ2n) is 7.22. The molecular formula is C26H21Br2FN2O4. The van der Waals surface area contributed by atoms with Crippen molar-refractivity contribution in [2.45, 2.75) is 13.2 Å². The van der Waals surface area contributed by atoms with Crippen LogP contribution in [-0.4, -0.2) is 20.1 Å². The predicted octanol–water partition coefficient (Wildman–Crippen LogP) is 6.17. The lowest BCUT2D eigenvalue weighted by Crippen LogP contribution is -2.24. The summed E-state index contributed by atoms with van der Waals surface area (Å²) in [6, 6.07) is 17.0. The zero-order chi connectivity index (χ0) is 25.4. The van der Waals surface area contributed by atoms with E-state index in [9.17, 15) is 14.4 Å². The first-order chi connectivity index (χ1) is 16.9. The summed E-state index contributed by atoms with van der Waals surface area (Å²) in [6.45, 7) is 0.209. The SMILES string of the molecule is COc1ccc(CNC(=O)/C(C#N)=C/c2cc(Br)c(OCc3ccccc3F)c(Br)c2)c(OC)c1. The normalized spacial score (nSPS) is 10.9. The van der Waals surface area contributed by atoms with Crippen molar-refractivity contribution >= 4 is 43.8 Å². The van der Waals surface area contributed by atoms with Gasteiger partial charge in [0.25, 0.3) is 5.91 Å². The number of halogens is 3. The Morgan fingerprint density at radius 1 is 1.06 bits per heavy atom. The molecule has 0 aromatic heterocycles. The van der Waals surface area contributed by atoms with Crippen LogP contribution in [0.1, 0.15) is 16.7 Å². The third-order valence-electron chi connectivity index (χ3n) is 4.96. The maximum absolute atomic E-state index is 13.9. The van der Waals surface area contributed by atoms with Gasteiger partial charge in [-0.1, -0.05) is 18.2 Å². The Kier molecular flexibility index (Phi) is 9.29. The maximum atomic E-state index is 13.9. The molecule has 0 atom stereocenters. The van der Waals surface area contributed by atoms with Crippen LogP contribution >= 0.6 is 31.9 Å². The van der Waals surface area contributed by atoms with Crippen LogP contribution in [-0.2, 0) is 17.9 Å². The molecule has 0 saturated carbocycles. The number of nitriles is 1. The number of nitrogens with one attached hydrogen (secondary N) is 1. The van der Waals surface area contributed by atoms with Crippen molar-refractivity contribution < 1.29 is 23.4 Å². The summed E-state index contributed by atoms with van der Waals surface area (Å²) in [5.74, 6) is 0.784. The average molecular weight is 604 g/mol. The van der Waals surface area contributed by atoms with Gasteiger partial charge in [-0.2, -0.15) is 5.26 Å². The number of rotatable bonds is 9. The number of amides is 1. The number of carbonyl (C=O) groups excluding carboxylic acids is 1. The van der Waals surface area contributed by atoms with Crippen LogP contribution in [0.4, 0.5) is 4.39 Å². The Balaban J connectivity index is 1.73. The first-order valence-electron chi connectivity index (χ1n) is 10.3. The molecule has 0 heterocycles. The molecule has 0 radical (unpaired) electrons. The fraction of sp³-hybridized carbons (Fsp3) is 0.154. The molecule has 0 fully saturated rings. The molecule has 0 aliphatic carbocycles. The van der Waals surface area contributed by atoms with Crippen LogP contribution in [0, 0.1) is 17.1 Å². The second kappa shape index (κ2) is 12.4. The van der Waals surface area contributed by atoms with Crippen molar-refractivity contribution in [2.75, 3.05) is 14.2 Å². The summed E-state index contributed by atoms with van der Waals surface area (Å²) in [5.41, 5.74) is 1.68. The van der Waals surface area contributed by atoms with Crippen molar-refractivity contribution in [2.24, 2.45) is 0 Å². The summed E-state index contributed by atoms with van der Waals surface area (Å²) in [6.07, 6.45) is 1.47. The van der Waals surface area contributed by atoms with Gasteiger partial charge < -0.3 is 19.5 Å². The van der Waals surface area contributed by atoms with Crippen LogP contribution in [0.2, 0.25) is 0 Å². The molecule has 1 N–H and O–H groups in total. The monoisotopic (exact) mass is 602 g/mol. The first kappa shape index (κ1) is 26.3. The Bertz CT molecular complexity index is 1280. The summed E-state index contributed by atoms with van der Waals surface area (Å²) >= 11 is 6.88. The predicted molar refractivity (Wildman–Crippen MR) is 138 cm³/mol. The molecular weight excluding hydrogens is 583 g/mol. The number of nitrogens with zero attached hydrogens (tertiary/aromatic N) is 1. The number of hydrogen-bond acceptors (Lipinski definition) is 5. The highest BCUT2D eigenvalue weighted by Gasteiger charge is 2.14. The van der Waals surface area contributed by atoms with Gasteiger partial charge in [0, 0.05) is 23.7 Å². The second-order valence-corrected chi connectivity index (χ2v) is 8.93. The third-order valence-corrected chi connectivity index (χ3v) is 6.14. The first-order valence-corrected chi connectivity index (χ1v) is 11.9. The van der Waals surface area contributed by atoms with Gasteiger partial charge in [0.05, 0.1) is 23.2 Å². The topological polar surface area (TPSA) is 80.6 Å².